The van der Waals surface area contributed by atoms with E-state index in [0.717, 1.165) is 9.75 Å². The standard InChI is InChI=1S/C12H11NO2S2/c1-15-12(14)11-7-9(13)10(17-11)5-4-8-3-2-6-16-8/h2-7H,13H2,1H3. The molecule has 0 aliphatic carbocycles. The molecule has 2 heterocycles. The first-order valence-corrected chi connectivity index (χ1v) is 6.59. The molecule has 0 bridgehead atoms. The summed E-state index contributed by atoms with van der Waals surface area (Å²) in [7, 11) is 1.36. The Bertz CT molecular complexity index is 541. The average Bonchev–Trinajstić information content (AvgIpc) is 2.95. The van der Waals surface area contributed by atoms with Gasteiger partial charge < -0.3 is 10.5 Å². The molecule has 0 aliphatic rings. The Hall–Kier alpha value is -1.59. The van der Waals surface area contributed by atoms with Crippen molar-refractivity contribution in [3.63, 3.8) is 0 Å². The predicted octanol–water partition coefficient (Wildman–Crippen LogP) is 3.35. The molecule has 0 saturated heterocycles. The Morgan fingerprint density at radius 3 is 2.94 bits per heavy atom. The Morgan fingerprint density at radius 2 is 2.29 bits per heavy atom. The second-order valence-electron chi connectivity index (χ2n) is 3.27. The fourth-order valence-corrected chi connectivity index (χ4v) is 2.81. The van der Waals surface area contributed by atoms with Gasteiger partial charge in [0.15, 0.2) is 0 Å². The van der Waals surface area contributed by atoms with E-state index in [0.29, 0.717) is 10.6 Å². The molecule has 0 spiro atoms. The minimum Gasteiger partial charge on any atom is -0.465 e. The van der Waals surface area contributed by atoms with Crippen molar-refractivity contribution in [3.05, 3.63) is 38.2 Å². The van der Waals surface area contributed by atoms with Crippen molar-refractivity contribution in [1.29, 1.82) is 0 Å². The SMILES string of the molecule is COC(=O)c1cc(N)c(C=Cc2cccs2)s1. The van der Waals surface area contributed by atoms with Crippen LogP contribution in [-0.4, -0.2) is 13.1 Å². The first-order chi connectivity index (χ1) is 8.20. The van der Waals surface area contributed by atoms with Gasteiger partial charge in [0.2, 0.25) is 0 Å². The quantitative estimate of drug-likeness (QED) is 0.866. The van der Waals surface area contributed by atoms with Crippen molar-refractivity contribution in [3.8, 4) is 0 Å². The highest BCUT2D eigenvalue weighted by Gasteiger charge is 2.11. The lowest BCUT2D eigenvalue weighted by Crippen LogP contribution is -1.97. The molecule has 2 N–H and O–H groups in total. The van der Waals surface area contributed by atoms with Gasteiger partial charge in [-0.25, -0.2) is 4.79 Å². The van der Waals surface area contributed by atoms with Crippen LogP contribution in [0.4, 0.5) is 5.69 Å². The van der Waals surface area contributed by atoms with Gasteiger partial charge in [-0.15, -0.1) is 22.7 Å². The molecule has 88 valence electrons. The van der Waals surface area contributed by atoms with Crippen molar-refractivity contribution in [2.75, 3.05) is 12.8 Å². The maximum Gasteiger partial charge on any atom is 0.348 e. The Kier molecular flexibility index (Phi) is 3.61. The van der Waals surface area contributed by atoms with Gasteiger partial charge in [-0.05, 0) is 29.7 Å². The van der Waals surface area contributed by atoms with Crippen LogP contribution in [-0.2, 0) is 4.74 Å². The minimum atomic E-state index is -0.350. The van der Waals surface area contributed by atoms with E-state index in [1.807, 2.05) is 29.7 Å². The third kappa shape index (κ3) is 2.75. The molecule has 2 aromatic heterocycles. The molecule has 17 heavy (non-hydrogen) atoms. The molecule has 0 unspecified atom stereocenters. The number of nitrogen functional groups attached to an aromatic ring is 1. The van der Waals surface area contributed by atoms with Crippen LogP contribution in [0.15, 0.2) is 23.6 Å². The maximum absolute atomic E-state index is 11.3. The van der Waals surface area contributed by atoms with Crippen LogP contribution in [0.25, 0.3) is 12.2 Å². The summed E-state index contributed by atoms with van der Waals surface area (Å²) in [5.41, 5.74) is 6.43. The van der Waals surface area contributed by atoms with Crippen molar-refractivity contribution < 1.29 is 9.53 Å². The van der Waals surface area contributed by atoms with E-state index < -0.39 is 0 Å². The molecule has 0 radical (unpaired) electrons. The highest BCUT2D eigenvalue weighted by Crippen LogP contribution is 2.27. The third-order valence-corrected chi connectivity index (χ3v) is 4.05. The molecule has 0 aromatic carbocycles. The predicted molar refractivity (Wildman–Crippen MR) is 73.3 cm³/mol. The second kappa shape index (κ2) is 5.16. The number of thiophene rings is 2. The van der Waals surface area contributed by atoms with E-state index in [-0.39, 0.29) is 5.97 Å². The van der Waals surface area contributed by atoms with Gasteiger partial charge in [0.05, 0.1) is 17.7 Å². The third-order valence-electron chi connectivity index (χ3n) is 2.12. The maximum atomic E-state index is 11.3. The highest BCUT2D eigenvalue weighted by atomic mass is 32.1. The van der Waals surface area contributed by atoms with Gasteiger partial charge in [0, 0.05) is 4.88 Å². The minimum absolute atomic E-state index is 0.350. The zero-order valence-corrected chi connectivity index (χ0v) is 10.8. The molecular formula is C12H11NO2S2. The molecule has 0 fully saturated rings. The van der Waals surface area contributed by atoms with E-state index >= 15 is 0 Å². The molecule has 0 amide bonds. The van der Waals surface area contributed by atoms with E-state index in [9.17, 15) is 4.79 Å². The van der Waals surface area contributed by atoms with E-state index in [1.165, 1.54) is 18.4 Å². The fourth-order valence-electron chi connectivity index (χ4n) is 1.29. The smallest absolute Gasteiger partial charge is 0.348 e. The molecule has 0 saturated carbocycles. The van der Waals surface area contributed by atoms with Crippen LogP contribution < -0.4 is 5.73 Å². The molecule has 3 nitrogen and oxygen atoms in total. The number of carbonyl (C=O) groups is 1. The van der Waals surface area contributed by atoms with Crippen molar-refractivity contribution in [2.24, 2.45) is 0 Å². The lowest BCUT2D eigenvalue weighted by atomic mass is 10.3. The number of ether oxygens (including phenoxy) is 1. The number of rotatable bonds is 3. The number of hydrogen-bond donors (Lipinski definition) is 1. The molecule has 0 aliphatic heterocycles. The lowest BCUT2D eigenvalue weighted by molar-refractivity contribution is 0.0606. The lowest BCUT2D eigenvalue weighted by Gasteiger charge is -1.91. The van der Waals surface area contributed by atoms with Crippen LogP contribution in [0.5, 0.6) is 0 Å². The summed E-state index contributed by atoms with van der Waals surface area (Å²) in [5, 5.41) is 2.01. The average molecular weight is 265 g/mol. The Balaban J connectivity index is 2.22. The van der Waals surface area contributed by atoms with Gasteiger partial charge in [-0.3, -0.25) is 0 Å². The first-order valence-electron chi connectivity index (χ1n) is 4.90. The van der Waals surface area contributed by atoms with E-state index in [2.05, 4.69) is 4.74 Å². The van der Waals surface area contributed by atoms with Gasteiger partial charge in [-0.2, -0.15) is 0 Å². The molecule has 2 aromatic rings. The van der Waals surface area contributed by atoms with Crippen molar-refractivity contribution in [2.45, 2.75) is 0 Å². The summed E-state index contributed by atoms with van der Waals surface area (Å²) in [4.78, 5) is 13.9. The van der Waals surface area contributed by atoms with Crippen molar-refractivity contribution >= 4 is 46.5 Å². The zero-order chi connectivity index (χ0) is 12.3. The number of nitrogens with two attached hydrogens (primary N) is 1. The summed E-state index contributed by atoms with van der Waals surface area (Å²) in [5.74, 6) is -0.350. The van der Waals surface area contributed by atoms with Crippen LogP contribution in [0.2, 0.25) is 0 Å². The number of esters is 1. The van der Waals surface area contributed by atoms with Gasteiger partial charge >= 0.3 is 5.97 Å². The van der Waals surface area contributed by atoms with Crippen LogP contribution in [0.1, 0.15) is 19.4 Å². The van der Waals surface area contributed by atoms with Crippen LogP contribution in [0, 0.1) is 0 Å². The highest BCUT2D eigenvalue weighted by molar-refractivity contribution is 7.15. The molecule has 0 atom stereocenters. The summed E-state index contributed by atoms with van der Waals surface area (Å²) in [6, 6.07) is 5.65. The van der Waals surface area contributed by atoms with Gasteiger partial charge in [0.25, 0.3) is 0 Å². The monoisotopic (exact) mass is 265 g/mol. The number of carbonyl (C=O) groups excluding carboxylic acids is 1. The Morgan fingerprint density at radius 1 is 1.47 bits per heavy atom. The Labute approximate surface area is 107 Å². The normalized spacial score (nSPS) is 10.9. The van der Waals surface area contributed by atoms with E-state index in [4.69, 9.17) is 5.73 Å². The largest absolute Gasteiger partial charge is 0.465 e. The number of methoxy groups -OCH3 is 1. The fraction of sp³-hybridized carbons (Fsp3) is 0.0833. The summed E-state index contributed by atoms with van der Waals surface area (Å²) >= 11 is 2.98. The first kappa shape index (κ1) is 11.9. The zero-order valence-electron chi connectivity index (χ0n) is 9.17. The number of hydrogen-bond acceptors (Lipinski definition) is 5. The van der Waals surface area contributed by atoms with Gasteiger partial charge in [0.1, 0.15) is 4.88 Å². The van der Waals surface area contributed by atoms with Crippen LogP contribution >= 0.6 is 22.7 Å². The van der Waals surface area contributed by atoms with E-state index in [1.54, 1.807) is 17.4 Å². The topological polar surface area (TPSA) is 52.3 Å². The van der Waals surface area contributed by atoms with Crippen molar-refractivity contribution in [1.82, 2.24) is 0 Å². The summed E-state index contributed by atoms with van der Waals surface area (Å²) in [6.07, 6.45) is 3.90. The number of anilines is 1. The molecule has 5 heteroatoms. The molecular weight excluding hydrogens is 254 g/mol. The summed E-state index contributed by atoms with van der Waals surface area (Å²) < 4.78 is 4.65. The summed E-state index contributed by atoms with van der Waals surface area (Å²) in [6.45, 7) is 0. The van der Waals surface area contributed by atoms with Gasteiger partial charge in [-0.1, -0.05) is 6.07 Å². The second-order valence-corrected chi connectivity index (χ2v) is 5.33. The van der Waals surface area contributed by atoms with Crippen LogP contribution in [0.3, 0.4) is 0 Å². The molecule has 2 rings (SSSR count).